The van der Waals surface area contributed by atoms with Crippen LogP contribution in [0.25, 0.3) is 71.6 Å². The van der Waals surface area contributed by atoms with E-state index < -0.39 is 5.41 Å². The van der Waals surface area contributed by atoms with Gasteiger partial charge in [0, 0.05) is 21.0 Å². The molecule has 10 aromatic rings. The third-order valence-electron chi connectivity index (χ3n) is 11.9. The van der Waals surface area contributed by atoms with Gasteiger partial charge in [-0.1, -0.05) is 133 Å². The van der Waals surface area contributed by atoms with Gasteiger partial charge in [-0.05, 0) is 120 Å². The Balaban J connectivity index is 1.15. The Hall–Kier alpha value is -6.93. The van der Waals surface area contributed by atoms with Crippen LogP contribution in [0.2, 0.25) is 0 Å². The largest absolute Gasteiger partial charge is 0.292 e. The van der Waals surface area contributed by atoms with Crippen molar-refractivity contribution >= 4 is 55.1 Å². The van der Waals surface area contributed by atoms with E-state index in [1.165, 1.54) is 69.9 Å². The molecule has 0 radical (unpaired) electrons. The summed E-state index contributed by atoms with van der Waals surface area (Å²) in [5, 5.41) is 17.7. The molecule has 55 heavy (non-hydrogen) atoms. The van der Waals surface area contributed by atoms with Crippen LogP contribution in [0.4, 0.5) is 0 Å². The number of rotatable bonds is 2. The number of fused-ring (bicyclic) bond motifs is 16. The van der Waals surface area contributed by atoms with Crippen LogP contribution in [0, 0.1) is 11.3 Å². The van der Waals surface area contributed by atoms with E-state index in [4.69, 9.17) is 4.98 Å². The van der Waals surface area contributed by atoms with Gasteiger partial charge < -0.3 is 0 Å². The van der Waals surface area contributed by atoms with Crippen LogP contribution in [0.5, 0.6) is 0 Å². The van der Waals surface area contributed by atoms with E-state index in [9.17, 15) is 5.26 Å². The summed E-state index contributed by atoms with van der Waals surface area (Å²) in [7, 11) is 0. The lowest BCUT2D eigenvalue weighted by Gasteiger charge is -2.39. The van der Waals surface area contributed by atoms with Crippen LogP contribution in [0.15, 0.2) is 186 Å². The SMILES string of the molecule is N#Cc1ccc2c(c1)C1(c3ccccc3S2)c2ccccc2-c2ccc(-c3nc4ccccc4n3-c3ccc4c5ccccc5c5ccccc5c4c3)cc21. The highest BCUT2D eigenvalue weighted by atomic mass is 32.2. The number of para-hydroxylation sites is 2. The molecule has 1 spiro atoms. The molecule has 254 valence electrons. The quantitative estimate of drug-likeness (QED) is 0.167. The fourth-order valence-electron chi connectivity index (χ4n) is 9.63. The minimum Gasteiger partial charge on any atom is -0.292 e. The zero-order chi connectivity index (χ0) is 36.3. The highest BCUT2D eigenvalue weighted by molar-refractivity contribution is 7.99. The van der Waals surface area contributed by atoms with Crippen molar-refractivity contribution in [2.24, 2.45) is 0 Å². The summed E-state index contributed by atoms with van der Waals surface area (Å²) in [4.78, 5) is 7.80. The Labute approximate surface area is 321 Å². The van der Waals surface area contributed by atoms with Crippen LogP contribution in [-0.4, -0.2) is 9.55 Å². The van der Waals surface area contributed by atoms with Crippen LogP contribution < -0.4 is 0 Å². The Morgan fingerprint density at radius 3 is 1.93 bits per heavy atom. The van der Waals surface area contributed by atoms with Gasteiger partial charge in [0.15, 0.2) is 0 Å². The maximum atomic E-state index is 10.2. The van der Waals surface area contributed by atoms with E-state index in [0.717, 1.165) is 33.7 Å². The molecule has 1 unspecified atom stereocenters. The molecule has 4 heteroatoms. The topological polar surface area (TPSA) is 41.6 Å². The van der Waals surface area contributed by atoms with Gasteiger partial charge in [0.1, 0.15) is 5.82 Å². The molecule has 1 atom stereocenters. The standard InChI is InChI=1S/C51H29N3S/c52-30-31-21-26-49-45(27-31)51(43-17-7-10-20-48(43)55-49)42-16-6-5-15-39(42)40-24-22-32(28-44(40)51)50-53-46-18-8-9-19-47(46)54(50)33-23-25-38-36-13-2-1-11-34(36)35-12-3-4-14-37(35)41(38)29-33/h1-29H. The van der Waals surface area contributed by atoms with Gasteiger partial charge in [-0.2, -0.15) is 5.26 Å². The second-order valence-corrected chi connectivity index (χ2v) is 15.6. The van der Waals surface area contributed by atoms with Gasteiger partial charge in [0.05, 0.1) is 28.1 Å². The van der Waals surface area contributed by atoms with Crippen molar-refractivity contribution in [1.82, 2.24) is 9.55 Å². The van der Waals surface area contributed by atoms with Gasteiger partial charge in [0.2, 0.25) is 0 Å². The first-order valence-corrected chi connectivity index (χ1v) is 19.4. The molecule has 1 aromatic heterocycles. The maximum absolute atomic E-state index is 10.2. The molecule has 0 N–H and O–H groups in total. The van der Waals surface area contributed by atoms with Crippen LogP contribution >= 0.6 is 11.8 Å². The van der Waals surface area contributed by atoms with Gasteiger partial charge in [-0.15, -0.1) is 0 Å². The minimum atomic E-state index is -0.605. The van der Waals surface area contributed by atoms with Gasteiger partial charge in [-0.3, -0.25) is 4.57 Å². The van der Waals surface area contributed by atoms with Crippen molar-refractivity contribution in [3.05, 3.63) is 204 Å². The Morgan fingerprint density at radius 1 is 0.491 bits per heavy atom. The summed E-state index contributed by atoms with van der Waals surface area (Å²) in [6.45, 7) is 0. The van der Waals surface area contributed by atoms with E-state index in [-0.39, 0.29) is 0 Å². The molecule has 0 amide bonds. The summed E-state index contributed by atoms with van der Waals surface area (Å²) >= 11 is 1.79. The fraction of sp³-hybridized carbons (Fsp3) is 0.0196. The van der Waals surface area contributed by atoms with Gasteiger partial charge in [-0.25, -0.2) is 4.98 Å². The molecule has 1 aliphatic carbocycles. The van der Waals surface area contributed by atoms with Crippen molar-refractivity contribution in [1.29, 1.82) is 5.26 Å². The Bertz CT molecular complexity index is 3300. The third-order valence-corrected chi connectivity index (χ3v) is 13.0. The van der Waals surface area contributed by atoms with Crippen molar-refractivity contribution < 1.29 is 0 Å². The monoisotopic (exact) mass is 715 g/mol. The lowest BCUT2D eigenvalue weighted by Crippen LogP contribution is -2.32. The predicted molar refractivity (Wildman–Crippen MR) is 225 cm³/mol. The van der Waals surface area contributed by atoms with E-state index >= 15 is 0 Å². The fourth-order valence-corrected chi connectivity index (χ4v) is 10.8. The molecule has 9 aromatic carbocycles. The third kappa shape index (κ3) is 4.08. The van der Waals surface area contributed by atoms with Crippen LogP contribution in [0.1, 0.15) is 27.8 Å². The van der Waals surface area contributed by atoms with Crippen molar-refractivity contribution in [2.75, 3.05) is 0 Å². The normalized spacial score (nSPS) is 15.3. The van der Waals surface area contributed by atoms with Gasteiger partial charge in [0.25, 0.3) is 0 Å². The first kappa shape index (κ1) is 30.5. The number of hydrogen-bond donors (Lipinski definition) is 0. The number of benzene rings is 9. The predicted octanol–water partition coefficient (Wildman–Crippen LogP) is 12.9. The summed E-state index contributed by atoms with van der Waals surface area (Å²) in [5.41, 5.74) is 11.5. The maximum Gasteiger partial charge on any atom is 0.145 e. The molecule has 1 aliphatic heterocycles. The lowest BCUT2D eigenvalue weighted by atomic mass is 9.67. The van der Waals surface area contributed by atoms with Crippen molar-refractivity contribution in [3.63, 3.8) is 0 Å². The molecule has 2 heterocycles. The minimum absolute atomic E-state index is 0.605. The lowest BCUT2D eigenvalue weighted by molar-refractivity contribution is 0.722. The first-order valence-electron chi connectivity index (χ1n) is 18.6. The summed E-state index contributed by atoms with van der Waals surface area (Å²) in [6, 6.07) is 66.0. The Kier molecular flexibility index (Phi) is 6.27. The van der Waals surface area contributed by atoms with E-state index in [0.29, 0.717) is 5.56 Å². The molecule has 0 bridgehead atoms. The number of aromatic nitrogens is 2. The highest BCUT2D eigenvalue weighted by Crippen LogP contribution is 2.62. The smallest absolute Gasteiger partial charge is 0.145 e. The summed E-state index contributed by atoms with van der Waals surface area (Å²) in [5.74, 6) is 0.893. The van der Waals surface area contributed by atoms with Crippen LogP contribution in [0.3, 0.4) is 0 Å². The summed E-state index contributed by atoms with van der Waals surface area (Å²) in [6.07, 6.45) is 0. The average Bonchev–Trinajstić information content (AvgIpc) is 3.78. The highest BCUT2D eigenvalue weighted by Gasteiger charge is 2.50. The first-order chi connectivity index (χ1) is 27.2. The van der Waals surface area contributed by atoms with Gasteiger partial charge >= 0.3 is 0 Å². The molecular formula is C51H29N3S. The summed E-state index contributed by atoms with van der Waals surface area (Å²) < 4.78 is 2.33. The molecule has 2 aliphatic rings. The van der Waals surface area contributed by atoms with Crippen molar-refractivity contribution in [2.45, 2.75) is 15.2 Å². The van der Waals surface area contributed by atoms with E-state index in [2.05, 4.69) is 180 Å². The zero-order valence-corrected chi connectivity index (χ0v) is 30.3. The number of nitriles is 1. The molecule has 0 fully saturated rings. The van der Waals surface area contributed by atoms with Crippen molar-refractivity contribution in [3.8, 4) is 34.3 Å². The van der Waals surface area contributed by atoms with E-state index in [1.807, 2.05) is 6.07 Å². The molecule has 0 saturated heterocycles. The number of nitrogens with zero attached hydrogens (tertiary/aromatic N) is 3. The number of hydrogen-bond acceptors (Lipinski definition) is 3. The van der Waals surface area contributed by atoms with Crippen LogP contribution in [-0.2, 0) is 5.41 Å². The zero-order valence-electron chi connectivity index (χ0n) is 29.5. The van der Waals surface area contributed by atoms with E-state index in [1.54, 1.807) is 11.8 Å². The molecule has 12 rings (SSSR count). The number of imidazole rings is 1. The average molecular weight is 716 g/mol. The Morgan fingerprint density at radius 2 is 1.13 bits per heavy atom. The second kappa shape index (κ2) is 11.3. The molecule has 3 nitrogen and oxygen atoms in total. The molecule has 0 saturated carbocycles. The second-order valence-electron chi connectivity index (χ2n) is 14.6. The molecular weight excluding hydrogens is 687 g/mol.